The van der Waals surface area contributed by atoms with Crippen molar-refractivity contribution in [3.05, 3.63) is 0 Å². The van der Waals surface area contributed by atoms with Crippen LogP contribution in [0.3, 0.4) is 0 Å². The summed E-state index contributed by atoms with van der Waals surface area (Å²) in [7, 11) is 1.69. The van der Waals surface area contributed by atoms with Gasteiger partial charge in [-0.05, 0) is 50.5 Å². The molecule has 1 saturated heterocycles. The van der Waals surface area contributed by atoms with Gasteiger partial charge in [-0.15, -0.1) is 0 Å². The molecule has 2 N–H and O–H groups in total. The Morgan fingerprint density at radius 3 is 2.50 bits per heavy atom. The molecular formula is C14H24N2O2. The zero-order valence-corrected chi connectivity index (χ0v) is 11.2. The lowest BCUT2D eigenvalue weighted by atomic mass is 9.86. The third kappa shape index (κ3) is 2.41. The van der Waals surface area contributed by atoms with Gasteiger partial charge in [-0.1, -0.05) is 0 Å². The average molecular weight is 252 g/mol. The maximum absolute atomic E-state index is 12.6. The summed E-state index contributed by atoms with van der Waals surface area (Å²) in [5.41, 5.74) is -0.323. The summed E-state index contributed by atoms with van der Waals surface area (Å²) in [6.07, 6.45) is 6.11. The molecule has 1 unspecified atom stereocenters. The van der Waals surface area contributed by atoms with Crippen molar-refractivity contribution in [2.75, 3.05) is 26.8 Å². The van der Waals surface area contributed by atoms with Crippen LogP contribution in [0.5, 0.6) is 0 Å². The molecule has 1 aliphatic heterocycles. The van der Waals surface area contributed by atoms with Crippen molar-refractivity contribution in [3.63, 3.8) is 0 Å². The highest BCUT2D eigenvalue weighted by atomic mass is 16.5. The van der Waals surface area contributed by atoms with Gasteiger partial charge in [-0.25, -0.2) is 0 Å². The molecule has 3 fully saturated rings. The first-order valence-electron chi connectivity index (χ1n) is 7.26. The molecule has 3 rings (SSSR count). The quantitative estimate of drug-likeness (QED) is 0.739. The highest BCUT2D eigenvalue weighted by Gasteiger charge is 2.47. The van der Waals surface area contributed by atoms with E-state index in [0.29, 0.717) is 12.6 Å². The number of rotatable bonds is 6. The van der Waals surface area contributed by atoms with Gasteiger partial charge in [0.05, 0.1) is 12.0 Å². The third-order valence-corrected chi connectivity index (χ3v) is 4.70. The number of methoxy groups -OCH3 is 1. The zero-order chi connectivity index (χ0) is 12.6. The Morgan fingerprint density at radius 1 is 1.39 bits per heavy atom. The highest BCUT2D eigenvalue weighted by molar-refractivity contribution is 5.84. The number of ether oxygens (including phenoxy) is 1. The zero-order valence-electron chi connectivity index (χ0n) is 11.2. The van der Waals surface area contributed by atoms with E-state index in [0.717, 1.165) is 31.3 Å². The predicted octanol–water partition coefficient (Wildman–Crippen LogP) is 0.917. The van der Waals surface area contributed by atoms with Crippen LogP contribution in [0.25, 0.3) is 0 Å². The summed E-state index contributed by atoms with van der Waals surface area (Å²) >= 11 is 0. The van der Waals surface area contributed by atoms with E-state index in [1.807, 2.05) is 0 Å². The first-order chi connectivity index (χ1) is 8.75. The minimum Gasteiger partial charge on any atom is -0.384 e. The standard InChI is InChI=1S/C14H24N2O2/c1-18-9-14(6-7-15-8-14)13(17)16-12(10-2-3-10)11-4-5-11/h10-12,15H,2-9H2,1H3,(H,16,17). The van der Waals surface area contributed by atoms with E-state index in [1.54, 1.807) is 7.11 Å². The number of carbonyl (C=O) groups excluding carboxylic acids is 1. The van der Waals surface area contributed by atoms with E-state index in [9.17, 15) is 4.79 Å². The largest absolute Gasteiger partial charge is 0.384 e. The Balaban J connectivity index is 1.64. The fraction of sp³-hybridized carbons (Fsp3) is 0.929. The average Bonchev–Trinajstić information content (AvgIpc) is 3.27. The van der Waals surface area contributed by atoms with Gasteiger partial charge in [-0.2, -0.15) is 0 Å². The second kappa shape index (κ2) is 4.82. The van der Waals surface area contributed by atoms with Gasteiger partial charge >= 0.3 is 0 Å². The molecular weight excluding hydrogens is 228 g/mol. The minimum atomic E-state index is -0.323. The van der Waals surface area contributed by atoms with Crippen LogP contribution in [-0.4, -0.2) is 38.8 Å². The lowest BCUT2D eigenvalue weighted by molar-refractivity contribution is -0.134. The summed E-state index contributed by atoms with van der Waals surface area (Å²) in [6.45, 7) is 2.22. The van der Waals surface area contributed by atoms with E-state index in [2.05, 4.69) is 10.6 Å². The minimum absolute atomic E-state index is 0.221. The van der Waals surface area contributed by atoms with Gasteiger partial charge in [-0.3, -0.25) is 4.79 Å². The Morgan fingerprint density at radius 2 is 2.06 bits per heavy atom. The van der Waals surface area contributed by atoms with Crippen LogP contribution in [0, 0.1) is 17.3 Å². The molecule has 1 atom stereocenters. The monoisotopic (exact) mass is 252 g/mol. The molecule has 4 nitrogen and oxygen atoms in total. The smallest absolute Gasteiger partial charge is 0.230 e. The lowest BCUT2D eigenvalue weighted by Crippen LogP contribution is -2.50. The molecule has 2 aliphatic carbocycles. The van der Waals surface area contributed by atoms with E-state index in [-0.39, 0.29) is 11.3 Å². The molecule has 3 aliphatic rings. The van der Waals surface area contributed by atoms with Crippen LogP contribution in [0.15, 0.2) is 0 Å². The Labute approximate surface area is 109 Å². The van der Waals surface area contributed by atoms with Crippen molar-refractivity contribution in [1.82, 2.24) is 10.6 Å². The first kappa shape index (κ1) is 12.4. The Bertz CT molecular complexity index is 306. The van der Waals surface area contributed by atoms with E-state index < -0.39 is 0 Å². The number of hydrogen-bond donors (Lipinski definition) is 2. The van der Waals surface area contributed by atoms with E-state index in [4.69, 9.17) is 4.74 Å². The van der Waals surface area contributed by atoms with Gasteiger partial charge in [0, 0.05) is 19.7 Å². The van der Waals surface area contributed by atoms with Crippen molar-refractivity contribution in [2.45, 2.75) is 38.1 Å². The highest BCUT2D eigenvalue weighted by Crippen LogP contribution is 2.45. The fourth-order valence-corrected chi connectivity index (χ4v) is 3.24. The van der Waals surface area contributed by atoms with Crippen molar-refractivity contribution in [2.24, 2.45) is 17.3 Å². The summed E-state index contributed by atoms with van der Waals surface area (Å²) < 4.78 is 5.28. The van der Waals surface area contributed by atoms with E-state index in [1.165, 1.54) is 25.7 Å². The van der Waals surface area contributed by atoms with Crippen LogP contribution in [0.2, 0.25) is 0 Å². The van der Waals surface area contributed by atoms with Crippen LogP contribution in [0.4, 0.5) is 0 Å². The lowest BCUT2D eigenvalue weighted by Gasteiger charge is -2.29. The van der Waals surface area contributed by atoms with E-state index >= 15 is 0 Å². The molecule has 18 heavy (non-hydrogen) atoms. The van der Waals surface area contributed by atoms with Crippen LogP contribution >= 0.6 is 0 Å². The molecule has 4 heteroatoms. The predicted molar refractivity (Wildman–Crippen MR) is 69.2 cm³/mol. The van der Waals surface area contributed by atoms with Gasteiger partial charge in [0.1, 0.15) is 0 Å². The Kier molecular flexibility index (Phi) is 3.32. The fourth-order valence-electron chi connectivity index (χ4n) is 3.24. The molecule has 1 heterocycles. The molecule has 0 bridgehead atoms. The summed E-state index contributed by atoms with van der Waals surface area (Å²) in [6, 6.07) is 0.451. The maximum atomic E-state index is 12.6. The molecule has 0 aromatic carbocycles. The molecule has 1 amide bonds. The summed E-state index contributed by atoms with van der Waals surface area (Å²) in [5, 5.41) is 6.65. The third-order valence-electron chi connectivity index (χ3n) is 4.70. The molecule has 0 radical (unpaired) electrons. The van der Waals surface area contributed by atoms with Gasteiger partial charge in [0.2, 0.25) is 5.91 Å². The molecule has 0 aromatic heterocycles. The van der Waals surface area contributed by atoms with Crippen molar-refractivity contribution in [3.8, 4) is 0 Å². The van der Waals surface area contributed by atoms with Crippen molar-refractivity contribution in [1.29, 1.82) is 0 Å². The van der Waals surface area contributed by atoms with Crippen molar-refractivity contribution >= 4 is 5.91 Å². The topological polar surface area (TPSA) is 50.4 Å². The Hall–Kier alpha value is -0.610. The second-order valence-corrected chi connectivity index (χ2v) is 6.31. The summed E-state index contributed by atoms with van der Waals surface area (Å²) in [4.78, 5) is 12.6. The molecule has 0 spiro atoms. The van der Waals surface area contributed by atoms with Crippen LogP contribution in [0.1, 0.15) is 32.1 Å². The number of carbonyl (C=O) groups is 1. The molecule has 2 saturated carbocycles. The van der Waals surface area contributed by atoms with Gasteiger partial charge in [0.15, 0.2) is 0 Å². The SMILES string of the molecule is COCC1(C(=O)NC(C2CC2)C2CC2)CCNC1. The number of hydrogen-bond acceptors (Lipinski definition) is 3. The van der Waals surface area contributed by atoms with Crippen molar-refractivity contribution < 1.29 is 9.53 Å². The first-order valence-corrected chi connectivity index (χ1v) is 7.26. The maximum Gasteiger partial charge on any atom is 0.230 e. The van der Waals surface area contributed by atoms with Gasteiger partial charge < -0.3 is 15.4 Å². The number of nitrogens with one attached hydrogen (secondary N) is 2. The molecule has 0 aromatic rings. The van der Waals surface area contributed by atoms with Crippen LogP contribution < -0.4 is 10.6 Å². The van der Waals surface area contributed by atoms with Crippen LogP contribution in [-0.2, 0) is 9.53 Å². The second-order valence-electron chi connectivity index (χ2n) is 6.31. The van der Waals surface area contributed by atoms with Gasteiger partial charge in [0.25, 0.3) is 0 Å². The normalized spacial score (nSPS) is 31.9. The molecule has 102 valence electrons. The number of amides is 1. The summed E-state index contributed by atoms with van der Waals surface area (Å²) in [5.74, 6) is 1.74.